The van der Waals surface area contributed by atoms with E-state index in [1.54, 1.807) is 0 Å². The van der Waals surface area contributed by atoms with Gasteiger partial charge in [0.1, 0.15) is 0 Å². The van der Waals surface area contributed by atoms with E-state index in [9.17, 15) is 0 Å². The molecule has 0 aromatic heterocycles. The molecule has 0 aromatic carbocycles. The van der Waals surface area contributed by atoms with Gasteiger partial charge < -0.3 is 0 Å². The molecule has 0 nitrogen and oxygen atoms in total. The molecule has 1 heteroatoms. The molecule has 1 aliphatic rings. The summed E-state index contributed by atoms with van der Waals surface area (Å²) in [5.41, 5.74) is 0.579. The Bertz CT molecular complexity index is 147. The molecule has 1 fully saturated rings. The first-order chi connectivity index (χ1) is 5.14. The van der Waals surface area contributed by atoms with E-state index in [2.05, 4.69) is 35.9 Å². The van der Waals surface area contributed by atoms with Gasteiger partial charge in [0.25, 0.3) is 0 Å². The van der Waals surface area contributed by atoms with E-state index >= 15 is 0 Å². The van der Waals surface area contributed by atoms with E-state index in [1.807, 2.05) is 4.99 Å². The van der Waals surface area contributed by atoms with Crippen molar-refractivity contribution in [1.29, 1.82) is 0 Å². The fraction of sp³-hybridized carbons (Fsp3) is 0.800. The highest BCUT2D eigenvalue weighted by Gasteiger charge is 2.26. The molecule has 0 bridgehead atoms. The Morgan fingerprint density at radius 1 is 1.45 bits per heavy atom. The van der Waals surface area contributed by atoms with Gasteiger partial charge in [0.15, 0.2) is 0 Å². The first kappa shape index (κ1) is 9.31. The van der Waals surface area contributed by atoms with E-state index in [0.717, 1.165) is 5.92 Å². The fourth-order valence-electron chi connectivity index (χ4n) is 2.02. The van der Waals surface area contributed by atoms with Crippen LogP contribution in [0.25, 0.3) is 0 Å². The lowest BCUT2D eigenvalue weighted by Gasteiger charge is -2.33. The van der Waals surface area contributed by atoms with Crippen molar-refractivity contribution in [2.75, 3.05) is 0 Å². The number of allylic oxidation sites excluding steroid dienone is 1. The van der Waals surface area contributed by atoms with Gasteiger partial charge in [-0.2, -0.15) is 0 Å². The van der Waals surface area contributed by atoms with Gasteiger partial charge in [-0.3, -0.25) is 0 Å². The summed E-state index contributed by atoms with van der Waals surface area (Å²) >= 11 is 3.34. The molecule has 0 radical (unpaired) electrons. The van der Waals surface area contributed by atoms with Crippen molar-refractivity contribution in [2.24, 2.45) is 11.3 Å². The largest absolute Gasteiger partial charge is 0.0745 e. The highest BCUT2D eigenvalue weighted by atomic mass is 79.9. The maximum atomic E-state index is 3.34. The van der Waals surface area contributed by atoms with E-state index in [4.69, 9.17) is 0 Å². The Labute approximate surface area is 78.2 Å². The van der Waals surface area contributed by atoms with Crippen molar-refractivity contribution < 1.29 is 0 Å². The first-order valence-corrected chi connectivity index (χ1v) is 5.32. The molecule has 1 unspecified atom stereocenters. The lowest BCUT2D eigenvalue weighted by molar-refractivity contribution is 0.206. The third-order valence-electron chi connectivity index (χ3n) is 2.59. The minimum absolute atomic E-state index is 0.579. The van der Waals surface area contributed by atoms with Gasteiger partial charge >= 0.3 is 0 Å². The Hall–Kier alpha value is 0.220. The topological polar surface area (TPSA) is 0 Å². The molecule has 11 heavy (non-hydrogen) atoms. The van der Waals surface area contributed by atoms with Crippen LogP contribution < -0.4 is 0 Å². The van der Waals surface area contributed by atoms with Crippen LogP contribution in [0, 0.1) is 11.3 Å². The number of rotatable bonds is 1. The molecule has 0 aromatic rings. The summed E-state index contributed by atoms with van der Waals surface area (Å²) in [6.07, 6.45) is 7.83. The monoisotopic (exact) mass is 216 g/mol. The van der Waals surface area contributed by atoms with Crippen LogP contribution in [0.4, 0.5) is 0 Å². The number of halogens is 1. The van der Waals surface area contributed by atoms with Crippen molar-refractivity contribution in [3.63, 3.8) is 0 Å². The average molecular weight is 217 g/mol. The predicted molar refractivity (Wildman–Crippen MR) is 53.8 cm³/mol. The van der Waals surface area contributed by atoms with Crippen molar-refractivity contribution >= 4 is 15.9 Å². The minimum Gasteiger partial charge on any atom is -0.0745 e. The molecule has 0 amide bonds. The van der Waals surface area contributed by atoms with Crippen LogP contribution in [0.2, 0.25) is 0 Å². The molecule has 64 valence electrons. The van der Waals surface area contributed by atoms with Crippen LogP contribution >= 0.6 is 15.9 Å². The van der Waals surface area contributed by atoms with Crippen LogP contribution in [0.15, 0.2) is 11.1 Å². The molecular weight excluding hydrogens is 200 g/mol. The Morgan fingerprint density at radius 3 is 2.73 bits per heavy atom. The van der Waals surface area contributed by atoms with Gasteiger partial charge in [0.05, 0.1) is 0 Å². The van der Waals surface area contributed by atoms with Crippen molar-refractivity contribution in [3.8, 4) is 0 Å². The lowest BCUT2D eigenvalue weighted by atomic mass is 9.72. The number of hydrogen-bond donors (Lipinski definition) is 0. The third kappa shape index (κ3) is 2.98. The molecule has 1 aliphatic carbocycles. The Morgan fingerprint density at radius 2 is 2.18 bits per heavy atom. The zero-order valence-corrected chi connectivity index (χ0v) is 9.02. The zero-order valence-electron chi connectivity index (χ0n) is 7.44. The van der Waals surface area contributed by atoms with E-state index in [0.29, 0.717) is 5.41 Å². The summed E-state index contributed by atoms with van der Waals surface area (Å²) < 4.78 is 0. The summed E-state index contributed by atoms with van der Waals surface area (Å²) in [5.74, 6) is 0.818. The van der Waals surface area contributed by atoms with Crippen LogP contribution in [-0.4, -0.2) is 0 Å². The predicted octanol–water partition coefficient (Wildman–Crippen LogP) is 4.11. The molecule has 0 spiro atoms. The van der Waals surface area contributed by atoms with Gasteiger partial charge in [-0.15, -0.1) is 0 Å². The highest BCUT2D eigenvalue weighted by Crippen LogP contribution is 2.38. The third-order valence-corrected chi connectivity index (χ3v) is 2.89. The van der Waals surface area contributed by atoms with E-state index < -0.39 is 0 Å². The van der Waals surface area contributed by atoms with E-state index in [-0.39, 0.29) is 0 Å². The van der Waals surface area contributed by atoms with Gasteiger partial charge in [-0.1, -0.05) is 42.3 Å². The van der Waals surface area contributed by atoms with Crippen LogP contribution in [0.3, 0.4) is 0 Å². The average Bonchev–Trinajstić information content (AvgIpc) is 1.85. The maximum absolute atomic E-state index is 3.34. The van der Waals surface area contributed by atoms with Gasteiger partial charge in [0.2, 0.25) is 0 Å². The van der Waals surface area contributed by atoms with Crippen molar-refractivity contribution in [3.05, 3.63) is 11.1 Å². The summed E-state index contributed by atoms with van der Waals surface area (Å²) in [5, 5.41) is 0. The molecule has 0 aliphatic heterocycles. The fourth-order valence-corrected chi connectivity index (χ4v) is 2.46. The zero-order chi connectivity index (χ0) is 8.32. The first-order valence-electron chi connectivity index (χ1n) is 4.41. The summed E-state index contributed by atoms with van der Waals surface area (Å²) in [7, 11) is 0. The van der Waals surface area contributed by atoms with Crippen molar-refractivity contribution in [2.45, 2.75) is 39.5 Å². The van der Waals surface area contributed by atoms with Gasteiger partial charge in [-0.25, -0.2) is 0 Å². The molecular formula is C10H17Br. The molecule has 1 saturated carbocycles. The highest BCUT2D eigenvalue weighted by molar-refractivity contribution is 9.11. The van der Waals surface area contributed by atoms with E-state index in [1.165, 1.54) is 25.7 Å². The summed E-state index contributed by atoms with van der Waals surface area (Å²) in [6.45, 7) is 4.75. The molecule has 0 N–H and O–H groups in total. The smallest absolute Gasteiger partial charge is 0.0220 e. The number of hydrogen-bond acceptors (Lipinski definition) is 0. The Balaban J connectivity index is 2.46. The summed E-state index contributed by atoms with van der Waals surface area (Å²) in [6, 6.07) is 0. The SMILES string of the molecule is CC1(C)CCCC(/C=C/Br)C1. The second-order valence-electron chi connectivity index (χ2n) is 4.34. The standard InChI is InChI=1S/C10H17Br/c1-10(2)6-3-4-9(8-10)5-7-11/h5,7,9H,3-4,6,8H2,1-2H3/b7-5+. The lowest BCUT2D eigenvalue weighted by Crippen LogP contribution is -2.21. The summed E-state index contributed by atoms with van der Waals surface area (Å²) in [4.78, 5) is 2.01. The van der Waals surface area contributed by atoms with Crippen LogP contribution in [0.5, 0.6) is 0 Å². The van der Waals surface area contributed by atoms with Crippen LogP contribution in [0.1, 0.15) is 39.5 Å². The Kier molecular flexibility index (Phi) is 3.17. The second-order valence-corrected chi connectivity index (χ2v) is 4.87. The molecule has 0 heterocycles. The quantitative estimate of drug-likeness (QED) is 0.620. The molecule has 0 saturated heterocycles. The normalized spacial score (nSPS) is 31.0. The van der Waals surface area contributed by atoms with Gasteiger partial charge in [-0.05, 0) is 35.6 Å². The minimum atomic E-state index is 0.579. The van der Waals surface area contributed by atoms with Crippen molar-refractivity contribution in [1.82, 2.24) is 0 Å². The van der Waals surface area contributed by atoms with Crippen LogP contribution in [-0.2, 0) is 0 Å². The molecule has 1 rings (SSSR count). The second kappa shape index (κ2) is 3.75. The molecule has 1 atom stereocenters. The van der Waals surface area contributed by atoms with Gasteiger partial charge in [0, 0.05) is 0 Å². The maximum Gasteiger partial charge on any atom is -0.0220 e.